The number of thiophene rings is 1. The Kier molecular flexibility index (Phi) is 5.59. The average molecular weight is 388 g/mol. The molecule has 26 heavy (non-hydrogen) atoms. The van der Waals surface area contributed by atoms with Crippen molar-refractivity contribution in [3.63, 3.8) is 0 Å². The lowest BCUT2D eigenvalue weighted by Crippen LogP contribution is -2.37. The maximum absolute atomic E-state index is 12.6. The zero-order valence-electron chi connectivity index (χ0n) is 14.4. The van der Waals surface area contributed by atoms with Crippen LogP contribution in [0.15, 0.2) is 41.8 Å². The highest BCUT2D eigenvalue weighted by molar-refractivity contribution is 7.22. The highest BCUT2D eigenvalue weighted by Crippen LogP contribution is 2.25. The number of ether oxygens (including phenoxy) is 1. The summed E-state index contributed by atoms with van der Waals surface area (Å²) in [5.41, 5.74) is 0.919. The summed E-state index contributed by atoms with van der Waals surface area (Å²) < 4.78 is 6.84. The smallest absolute Gasteiger partial charge is 0.240 e. The van der Waals surface area contributed by atoms with E-state index >= 15 is 0 Å². The molecule has 0 spiro atoms. The van der Waals surface area contributed by atoms with Crippen LogP contribution in [0, 0.1) is 0 Å². The highest BCUT2D eigenvalue weighted by atomic mass is 32.1. The molecule has 4 rings (SSSR count). The van der Waals surface area contributed by atoms with Crippen LogP contribution in [0.1, 0.15) is 17.7 Å². The van der Waals surface area contributed by atoms with Crippen molar-refractivity contribution in [1.82, 2.24) is 9.88 Å². The lowest BCUT2D eigenvalue weighted by Gasteiger charge is -2.23. The van der Waals surface area contributed by atoms with Crippen LogP contribution in [0.4, 0.5) is 5.13 Å². The maximum Gasteiger partial charge on any atom is 0.240 e. The molecule has 5 nitrogen and oxygen atoms in total. The number of hydrogen-bond donors (Lipinski definition) is 1. The van der Waals surface area contributed by atoms with E-state index < -0.39 is 0 Å². The van der Waals surface area contributed by atoms with Gasteiger partial charge in [0.2, 0.25) is 5.91 Å². The van der Waals surface area contributed by atoms with Crippen molar-refractivity contribution in [2.24, 2.45) is 0 Å². The van der Waals surface area contributed by atoms with Crippen LogP contribution in [-0.4, -0.2) is 41.6 Å². The molecule has 3 aromatic rings. The van der Waals surface area contributed by atoms with Crippen molar-refractivity contribution in [2.45, 2.75) is 25.5 Å². The van der Waals surface area contributed by atoms with Crippen LogP contribution in [0.5, 0.6) is 0 Å². The molecule has 7 heteroatoms. The first-order valence-electron chi connectivity index (χ1n) is 8.78. The topological polar surface area (TPSA) is 54.5 Å². The van der Waals surface area contributed by atoms with Crippen molar-refractivity contribution in [3.05, 3.63) is 46.7 Å². The Hall–Kier alpha value is -1.80. The molecule has 1 unspecified atom stereocenters. The number of rotatable bonds is 7. The highest BCUT2D eigenvalue weighted by Gasteiger charge is 2.21. The molecule has 136 valence electrons. The molecule has 0 bridgehead atoms. The number of amides is 1. The lowest BCUT2D eigenvalue weighted by atomic mass is 10.2. The summed E-state index contributed by atoms with van der Waals surface area (Å²) in [6.07, 6.45) is 2.40. The molecule has 1 N–H and O–H groups in total. The lowest BCUT2D eigenvalue weighted by molar-refractivity contribution is -0.117. The summed E-state index contributed by atoms with van der Waals surface area (Å²) in [4.78, 5) is 20.5. The van der Waals surface area contributed by atoms with Crippen molar-refractivity contribution in [3.8, 4) is 0 Å². The summed E-state index contributed by atoms with van der Waals surface area (Å²) in [6.45, 7) is 2.72. The van der Waals surface area contributed by atoms with Gasteiger partial charge in [-0.3, -0.25) is 9.69 Å². The van der Waals surface area contributed by atoms with Gasteiger partial charge in [-0.1, -0.05) is 29.5 Å². The monoisotopic (exact) mass is 387 g/mol. The Morgan fingerprint density at radius 2 is 2.23 bits per heavy atom. The third-order valence-electron chi connectivity index (χ3n) is 4.35. The van der Waals surface area contributed by atoms with Gasteiger partial charge in [0.1, 0.15) is 0 Å². The number of anilines is 1. The van der Waals surface area contributed by atoms with E-state index in [4.69, 9.17) is 4.74 Å². The second-order valence-electron chi connectivity index (χ2n) is 6.42. The number of para-hydroxylation sites is 1. The summed E-state index contributed by atoms with van der Waals surface area (Å²) >= 11 is 3.23. The van der Waals surface area contributed by atoms with Gasteiger partial charge in [-0.25, -0.2) is 4.98 Å². The molecule has 0 radical (unpaired) electrons. The van der Waals surface area contributed by atoms with E-state index in [1.54, 1.807) is 11.3 Å². The van der Waals surface area contributed by atoms with E-state index in [-0.39, 0.29) is 12.0 Å². The van der Waals surface area contributed by atoms with Crippen LogP contribution in [0.2, 0.25) is 0 Å². The summed E-state index contributed by atoms with van der Waals surface area (Å²) in [5, 5.41) is 5.68. The van der Waals surface area contributed by atoms with Gasteiger partial charge in [0.15, 0.2) is 5.13 Å². The van der Waals surface area contributed by atoms with Gasteiger partial charge >= 0.3 is 0 Å². The predicted molar refractivity (Wildman–Crippen MR) is 107 cm³/mol. The Morgan fingerprint density at radius 3 is 3.00 bits per heavy atom. The molecule has 0 saturated carbocycles. The fraction of sp³-hybridized carbons (Fsp3) is 0.368. The molecule has 1 fully saturated rings. The van der Waals surface area contributed by atoms with E-state index in [0.29, 0.717) is 11.7 Å². The first-order chi connectivity index (χ1) is 12.8. The minimum absolute atomic E-state index is 0.0291. The van der Waals surface area contributed by atoms with Crippen molar-refractivity contribution < 1.29 is 9.53 Å². The normalized spacial score (nSPS) is 17.2. The fourth-order valence-corrected chi connectivity index (χ4v) is 4.80. The number of thiazole rings is 1. The molecular formula is C19H21N3O2S2. The van der Waals surface area contributed by atoms with Crippen molar-refractivity contribution >= 4 is 43.9 Å². The molecule has 1 aromatic carbocycles. The molecule has 1 aliphatic heterocycles. The Balaban J connectivity index is 1.40. The number of aromatic nitrogens is 1. The van der Waals surface area contributed by atoms with Crippen LogP contribution < -0.4 is 5.32 Å². The van der Waals surface area contributed by atoms with E-state index in [9.17, 15) is 4.79 Å². The van der Waals surface area contributed by atoms with Crippen LogP contribution in [0.3, 0.4) is 0 Å². The first-order valence-corrected chi connectivity index (χ1v) is 10.5. The number of benzene rings is 1. The quantitative estimate of drug-likeness (QED) is 0.666. The van der Waals surface area contributed by atoms with Crippen molar-refractivity contribution in [2.75, 3.05) is 25.0 Å². The molecule has 1 saturated heterocycles. The van der Waals surface area contributed by atoms with Gasteiger partial charge in [-0.15, -0.1) is 11.3 Å². The van der Waals surface area contributed by atoms with Gasteiger partial charge in [0.05, 0.1) is 22.9 Å². The predicted octanol–water partition coefficient (Wildman–Crippen LogP) is 3.98. The number of hydrogen-bond acceptors (Lipinski definition) is 6. The SMILES string of the molecule is O=C(CN(Cc1cccs1)CC1CCCO1)Nc1nc2ccccc2s1. The number of nitrogens with zero attached hydrogens (tertiary/aromatic N) is 2. The number of carbonyl (C=O) groups excluding carboxylic acids is 1. The van der Waals surface area contributed by atoms with Crippen LogP contribution >= 0.6 is 22.7 Å². The second-order valence-corrected chi connectivity index (χ2v) is 8.48. The molecule has 1 aliphatic rings. The van der Waals surface area contributed by atoms with E-state index in [2.05, 4.69) is 26.6 Å². The van der Waals surface area contributed by atoms with Crippen LogP contribution in [-0.2, 0) is 16.1 Å². The second kappa shape index (κ2) is 8.26. The summed E-state index contributed by atoms with van der Waals surface area (Å²) in [7, 11) is 0. The van der Waals surface area contributed by atoms with Crippen LogP contribution in [0.25, 0.3) is 10.2 Å². The van der Waals surface area contributed by atoms with E-state index in [1.165, 1.54) is 16.2 Å². The average Bonchev–Trinajstić information content (AvgIpc) is 3.35. The molecule has 2 aromatic heterocycles. The first kappa shape index (κ1) is 17.6. The Bertz CT molecular complexity index is 824. The van der Waals surface area contributed by atoms with Gasteiger partial charge in [-0.05, 0) is 36.4 Å². The third kappa shape index (κ3) is 4.48. The minimum Gasteiger partial charge on any atom is -0.377 e. The van der Waals surface area contributed by atoms with E-state index in [0.717, 1.165) is 42.8 Å². The molecular weight excluding hydrogens is 366 g/mol. The maximum atomic E-state index is 12.6. The minimum atomic E-state index is -0.0291. The van der Waals surface area contributed by atoms with Gasteiger partial charge in [-0.2, -0.15) is 0 Å². The van der Waals surface area contributed by atoms with Gasteiger partial charge in [0, 0.05) is 24.6 Å². The summed E-state index contributed by atoms with van der Waals surface area (Å²) in [5.74, 6) is -0.0291. The number of nitrogens with one attached hydrogen (secondary N) is 1. The summed E-state index contributed by atoms with van der Waals surface area (Å²) in [6, 6.07) is 12.1. The van der Waals surface area contributed by atoms with E-state index in [1.807, 2.05) is 30.3 Å². The number of fused-ring (bicyclic) bond motifs is 1. The third-order valence-corrected chi connectivity index (χ3v) is 6.17. The largest absolute Gasteiger partial charge is 0.377 e. The molecule has 0 aliphatic carbocycles. The van der Waals surface area contributed by atoms with Crippen molar-refractivity contribution in [1.29, 1.82) is 0 Å². The van der Waals surface area contributed by atoms with Gasteiger partial charge < -0.3 is 10.1 Å². The Labute approximate surface area is 160 Å². The standard InChI is InChI=1S/C19H21N3O2S2/c23-18(21-19-20-16-7-1-2-8-17(16)26-19)13-22(11-14-5-3-9-24-14)12-15-6-4-10-25-15/h1-2,4,6-8,10,14H,3,5,9,11-13H2,(H,20,21,23). The zero-order valence-corrected chi connectivity index (χ0v) is 16.0. The molecule has 3 heterocycles. The Morgan fingerprint density at radius 1 is 1.31 bits per heavy atom. The molecule has 1 amide bonds. The number of carbonyl (C=O) groups is 1. The molecule has 1 atom stereocenters. The van der Waals surface area contributed by atoms with Gasteiger partial charge in [0.25, 0.3) is 0 Å². The fourth-order valence-electron chi connectivity index (χ4n) is 3.17. The zero-order chi connectivity index (χ0) is 17.8.